The van der Waals surface area contributed by atoms with Crippen LogP contribution in [0, 0.1) is 0 Å². The Labute approximate surface area is 92.7 Å². The van der Waals surface area contributed by atoms with Gasteiger partial charge in [-0.05, 0) is 13.8 Å². The monoisotopic (exact) mass is 220 g/mol. The fourth-order valence-electron chi connectivity index (χ4n) is 1.82. The van der Waals surface area contributed by atoms with E-state index in [-0.39, 0.29) is 12.7 Å². The molecule has 5 heteroatoms. The van der Waals surface area contributed by atoms with Crippen molar-refractivity contribution in [3.8, 4) is 11.5 Å². The number of anilines is 2. The maximum absolute atomic E-state index is 11.7. The summed E-state index contributed by atoms with van der Waals surface area (Å²) in [5.41, 5.74) is 0.975. The molecule has 0 atom stereocenters. The Morgan fingerprint density at radius 3 is 2.50 bits per heavy atom. The van der Waals surface area contributed by atoms with Crippen LogP contribution in [0.15, 0.2) is 12.1 Å². The minimum atomic E-state index is -0.610. The number of nitrogens with one attached hydrogen (secondary N) is 2. The van der Waals surface area contributed by atoms with Crippen LogP contribution < -0.4 is 20.1 Å². The first kappa shape index (κ1) is 9.33. The Morgan fingerprint density at radius 2 is 1.81 bits per heavy atom. The predicted octanol–water partition coefficient (Wildman–Crippen LogP) is 1.56. The minimum Gasteiger partial charge on any atom is -0.454 e. The van der Waals surface area contributed by atoms with E-state index < -0.39 is 5.54 Å². The van der Waals surface area contributed by atoms with E-state index in [4.69, 9.17) is 9.47 Å². The van der Waals surface area contributed by atoms with Crippen molar-refractivity contribution < 1.29 is 14.3 Å². The molecular weight excluding hydrogens is 208 g/mol. The maximum Gasteiger partial charge on any atom is 0.249 e. The van der Waals surface area contributed by atoms with Crippen molar-refractivity contribution in [1.82, 2.24) is 0 Å². The third-order valence-electron chi connectivity index (χ3n) is 2.78. The van der Waals surface area contributed by atoms with Crippen LogP contribution in [0.25, 0.3) is 0 Å². The normalized spacial score (nSPS) is 19.8. The van der Waals surface area contributed by atoms with Crippen LogP contribution in [0.2, 0.25) is 0 Å². The third-order valence-corrected chi connectivity index (χ3v) is 2.78. The maximum atomic E-state index is 11.7. The third kappa shape index (κ3) is 1.21. The van der Waals surface area contributed by atoms with Crippen LogP contribution in [0.4, 0.5) is 11.4 Å². The van der Waals surface area contributed by atoms with Crippen LogP contribution in [0.1, 0.15) is 13.8 Å². The molecule has 84 valence electrons. The van der Waals surface area contributed by atoms with Gasteiger partial charge in [0.15, 0.2) is 11.5 Å². The molecule has 1 aromatic rings. The Balaban J connectivity index is 2.09. The van der Waals surface area contributed by atoms with Crippen LogP contribution in [0.3, 0.4) is 0 Å². The number of amides is 1. The molecule has 0 saturated heterocycles. The van der Waals surface area contributed by atoms with Gasteiger partial charge in [0, 0.05) is 12.1 Å². The predicted molar refractivity (Wildman–Crippen MR) is 58.9 cm³/mol. The number of hydrogen-bond donors (Lipinski definition) is 2. The average molecular weight is 220 g/mol. The summed E-state index contributed by atoms with van der Waals surface area (Å²) < 4.78 is 10.5. The molecule has 5 nitrogen and oxygen atoms in total. The number of rotatable bonds is 0. The molecule has 0 aliphatic carbocycles. The van der Waals surface area contributed by atoms with Crippen molar-refractivity contribution in [2.24, 2.45) is 0 Å². The van der Waals surface area contributed by atoms with Crippen molar-refractivity contribution in [1.29, 1.82) is 0 Å². The molecule has 2 aliphatic rings. The van der Waals surface area contributed by atoms with Gasteiger partial charge in [0.25, 0.3) is 0 Å². The summed E-state index contributed by atoms with van der Waals surface area (Å²) in [7, 11) is 0. The number of ether oxygens (including phenoxy) is 2. The SMILES string of the molecule is CC1(C)Nc2cc3c(cc2NC1=O)OCO3. The highest BCUT2D eigenvalue weighted by Gasteiger charge is 2.34. The van der Waals surface area contributed by atoms with Crippen molar-refractivity contribution >= 4 is 17.3 Å². The summed E-state index contributed by atoms with van der Waals surface area (Å²) in [5.74, 6) is 1.32. The largest absolute Gasteiger partial charge is 0.454 e. The van der Waals surface area contributed by atoms with E-state index in [9.17, 15) is 4.79 Å². The fraction of sp³-hybridized carbons (Fsp3) is 0.364. The molecule has 16 heavy (non-hydrogen) atoms. The van der Waals surface area contributed by atoms with Gasteiger partial charge in [-0.3, -0.25) is 4.79 Å². The molecule has 2 heterocycles. The molecule has 2 aliphatic heterocycles. The molecular formula is C11H12N2O3. The van der Waals surface area contributed by atoms with Gasteiger partial charge in [-0.25, -0.2) is 0 Å². The van der Waals surface area contributed by atoms with Crippen LogP contribution in [0.5, 0.6) is 11.5 Å². The Morgan fingerprint density at radius 1 is 1.19 bits per heavy atom. The van der Waals surface area contributed by atoms with E-state index in [0.29, 0.717) is 11.5 Å². The molecule has 0 radical (unpaired) electrons. The summed E-state index contributed by atoms with van der Waals surface area (Å²) >= 11 is 0. The quantitative estimate of drug-likeness (QED) is 0.696. The average Bonchev–Trinajstić information content (AvgIpc) is 2.63. The van der Waals surface area contributed by atoms with E-state index >= 15 is 0 Å². The molecule has 2 N–H and O–H groups in total. The van der Waals surface area contributed by atoms with Gasteiger partial charge >= 0.3 is 0 Å². The Bertz CT molecular complexity index is 482. The number of carbonyl (C=O) groups excluding carboxylic acids is 1. The van der Waals surface area contributed by atoms with E-state index in [1.807, 2.05) is 19.9 Å². The zero-order valence-corrected chi connectivity index (χ0v) is 9.09. The lowest BCUT2D eigenvalue weighted by atomic mass is 10.00. The summed E-state index contributed by atoms with van der Waals surface area (Å²) in [6.45, 7) is 3.89. The van der Waals surface area contributed by atoms with Crippen LogP contribution >= 0.6 is 0 Å². The first-order valence-electron chi connectivity index (χ1n) is 5.09. The van der Waals surface area contributed by atoms with Gasteiger partial charge in [0.05, 0.1) is 11.4 Å². The van der Waals surface area contributed by atoms with E-state index in [1.165, 1.54) is 0 Å². The number of fused-ring (bicyclic) bond motifs is 2. The Kier molecular flexibility index (Phi) is 1.64. The highest BCUT2D eigenvalue weighted by molar-refractivity contribution is 6.06. The lowest BCUT2D eigenvalue weighted by Crippen LogP contribution is -2.47. The first-order chi connectivity index (χ1) is 7.56. The molecule has 1 aromatic carbocycles. The summed E-state index contributed by atoms with van der Waals surface area (Å²) in [6.07, 6.45) is 0. The van der Waals surface area contributed by atoms with Crippen molar-refractivity contribution in [2.75, 3.05) is 17.4 Å². The molecule has 0 aromatic heterocycles. The second kappa shape index (κ2) is 2.81. The Hall–Kier alpha value is -1.91. The van der Waals surface area contributed by atoms with Gasteiger partial charge < -0.3 is 20.1 Å². The molecule has 3 rings (SSSR count). The molecule has 0 bridgehead atoms. The number of hydrogen-bond acceptors (Lipinski definition) is 4. The van der Waals surface area contributed by atoms with E-state index in [2.05, 4.69) is 10.6 Å². The van der Waals surface area contributed by atoms with Gasteiger partial charge in [0.2, 0.25) is 12.7 Å². The molecule has 0 saturated carbocycles. The minimum absolute atomic E-state index is 0.0566. The van der Waals surface area contributed by atoms with Crippen LogP contribution in [-0.2, 0) is 4.79 Å². The summed E-state index contributed by atoms with van der Waals surface area (Å²) in [6, 6.07) is 3.62. The van der Waals surface area contributed by atoms with Crippen molar-refractivity contribution in [2.45, 2.75) is 19.4 Å². The highest BCUT2D eigenvalue weighted by atomic mass is 16.7. The lowest BCUT2D eigenvalue weighted by molar-refractivity contribution is -0.119. The second-order valence-corrected chi connectivity index (χ2v) is 4.46. The van der Waals surface area contributed by atoms with Gasteiger partial charge in [-0.15, -0.1) is 0 Å². The van der Waals surface area contributed by atoms with Gasteiger partial charge in [0.1, 0.15) is 5.54 Å². The smallest absolute Gasteiger partial charge is 0.249 e. The zero-order valence-electron chi connectivity index (χ0n) is 9.09. The van der Waals surface area contributed by atoms with Crippen molar-refractivity contribution in [3.63, 3.8) is 0 Å². The van der Waals surface area contributed by atoms with Gasteiger partial charge in [-0.1, -0.05) is 0 Å². The summed E-state index contributed by atoms with van der Waals surface area (Å²) in [4.78, 5) is 11.7. The molecule has 1 amide bonds. The topological polar surface area (TPSA) is 59.6 Å². The number of carbonyl (C=O) groups is 1. The standard InChI is InChI=1S/C11H12N2O3/c1-11(2)10(14)12-6-3-8-9(16-5-15-8)4-7(6)13-11/h3-4,13H,5H2,1-2H3,(H,12,14). The van der Waals surface area contributed by atoms with Crippen molar-refractivity contribution in [3.05, 3.63) is 12.1 Å². The zero-order chi connectivity index (χ0) is 11.3. The lowest BCUT2D eigenvalue weighted by Gasteiger charge is -2.32. The first-order valence-corrected chi connectivity index (χ1v) is 5.09. The van der Waals surface area contributed by atoms with E-state index in [0.717, 1.165) is 11.4 Å². The number of benzene rings is 1. The molecule has 0 fully saturated rings. The summed E-state index contributed by atoms with van der Waals surface area (Å²) in [5, 5.41) is 6.01. The van der Waals surface area contributed by atoms with E-state index in [1.54, 1.807) is 6.07 Å². The highest BCUT2D eigenvalue weighted by Crippen LogP contribution is 2.42. The fourth-order valence-corrected chi connectivity index (χ4v) is 1.82. The van der Waals surface area contributed by atoms with Crippen LogP contribution in [-0.4, -0.2) is 18.2 Å². The molecule has 0 spiro atoms. The van der Waals surface area contributed by atoms with Gasteiger partial charge in [-0.2, -0.15) is 0 Å². The second-order valence-electron chi connectivity index (χ2n) is 4.46. The molecule has 0 unspecified atom stereocenters.